The molecule has 1 aromatic carbocycles. The first-order valence-electron chi connectivity index (χ1n) is 6.36. The summed E-state index contributed by atoms with van der Waals surface area (Å²) in [6.07, 6.45) is 1.34. The summed E-state index contributed by atoms with van der Waals surface area (Å²) >= 11 is 0. The minimum atomic E-state index is -0.161. The molecule has 2 rings (SSSR count). The number of benzene rings is 1. The average Bonchev–Trinajstić information content (AvgIpc) is 2.89. The fourth-order valence-corrected chi connectivity index (χ4v) is 1.91. The van der Waals surface area contributed by atoms with Crippen LogP contribution in [0.1, 0.15) is 16.9 Å². The van der Waals surface area contributed by atoms with Crippen LogP contribution in [0.2, 0.25) is 0 Å². The van der Waals surface area contributed by atoms with E-state index in [9.17, 15) is 9.59 Å². The molecule has 1 heterocycles. The first-order chi connectivity index (χ1) is 9.74. The number of hydrogen-bond donors (Lipinski definition) is 3. The summed E-state index contributed by atoms with van der Waals surface area (Å²) in [5, 5.41) is 6.26. The third-order valence-corrected chi connectivity index (χ3v) is 2.94. The third-order valence-electron chi connectivity index (χ3n) is 2.94. The van der Waals surface area contributed by atoms with Crippen molar-refractivity contribution in [3.05, 3.63) is 30.0 Å². The quantitative estimate of drug-likeness (QED) is 0.521. The molecule has 0 saturated carbocycles. The Morgan fingerprint density at radius 3 is 2.95 bits per heavy atom. The minimum absolute atomic E-state index is 0.161. The molecule has 0 radical (unpaired) electrons. The second-order valence-corrected chi connectivity index (χ2v) is 4.32. The number of H-pyrrole nitrogens is 1. The van der Waals surface area contributed by atoms with Gasteiger partial charge in [0.15, 0.2) is 0 Å². The highest BCUT2D eigenvalue weighted by Gasteiger charge is 2.09. The fraction of sp³-hybridized carbons (Fsp3) is 0.286. The maximum Gasteiger partial charge on any atom is 0.267 e. The van der Waals surface area contributed by atoms with Crippen LogP contribution in [0.25, 0.3) is 10.9 Å². The van der Waals surface area contributed by atoms with Crippen LogP contribution in [0.3, 0.4) is 0 Å². The van der Waals surface area contributed by atoms with Gasteiger partial charge in [-0.1, -0.05) is 0 Å². The Hall–Kier alpha value is -2.50. The van der Waals surface area contributed by atoms with Crippen LogP contribution < -0.4 is 15.4 Å². The number of carbonyl (C=O) groups excluding carboxylic acids is 2. The van der Waals surface area contributed by atoms with Crippen molar-refractivity contribution in [2.45, 2.75) is 6.42 Å². The van der Waals surface area contributed by atoms with Crippen molar-refractivity contribution in [1.29, 1.82) is 0 Å². The maximum absolute atomic E-state index is 11.9. The predicted molar refractivity (Wildman–Crippen MR) is 75.9 cm³/mol. The summed E-state index contributed by atoms with van der Waals surface area (Å²) in [7, 11) is 1.61. The van der Waals surface area contributed by atoms with Crippen LogP contribution >= 0.6 is 0 Å². The lowest BCUT2D eigenvalue weighted by Gasteiger charge is -2.02. The Morgan fingerprint density at radius 1 is 1.35 bits per heavy atom. The molecule has 0 spiro atoms. The number of nitrogens with one attached hydrogen (secondary N) is 3. The highest BCUT2D eigenvalue weighted by atomic mass is 16.5. The molecule has 0 aliphatic heterocycles. The Bertz CT molecular complexity index is 607. The monoisotopic (exact) mass is 275 g/mol. The second-order valence-electron chi connectivity index (χ2n) is 4.32. The minimum Gasteiger partial charge on any atom is -0.497 e. The van der Waals surface area contributed by atoms with Gasteiger partial charge in [-0.2, -0.15) is 0 Å². The fourth-order valence-electron chi connectivity index (χ4n) is 1.91. The van der Waals surface area contributed by atoms with Gasteiger partial charge >= 0.3 is 0 Å². The molecular weight excluding hydrogens is 258 g/mol. The normalized spacial score (nSPS) is 10.2. The van der Waals surface area contributed by atoms with Gasteiger partial charge in [-0.15, -0.1) is 0 Å². The highest BCUT2D eigenvalue weighted by molar-refractivity contribution is 5.98. The Labute approximate surface area is 116 Å². The Kier molecular flexibility index (Phi) is 4.60. The topological polar surface area (TPSA) is 83.2 Å². The zero-order chi connectivity index (χ0) is 14.4. The summed E-state index contributed by atoms with van der Waals surface area (Å²) in [5.41, 5.74) is 1.40. The SMILES string of the molecule is COc1ccc2[nH]c(C(=O)NCCCNC=O)cc2c1. The van der Waals surface area contributed by atoms with Gasteiger partial charge in [0.1, 0.15) is 11.4 Å². The van der Waals surface area contributed by atoms with E-state index in [-0.39, 0.29) is 5.91 Å². The largest absolute Gasteiger partial charge is 0.497 e. The predicted octanol–water partition coefficient (Wildman–Crippen LogP) is 1.04. The van der Waals surface area contributed by atoms with Crippen LogP contribution in [-0.2, 0) is 4.79 Å². The molecule has 0 unspecified atom stereocenters. The average molecular weight is 275 g/mol. The standard InChI is InChI=1S/C14H17N3O3/c1-20-11-3-4-12-10(7-11)8-13(17-12)14(19)16-6-2-5-15-9-18/h3-4,7-9,17H,2,5-6H2,1H3,(H,15,18)(H,16,19). The van der Waals surface area contributed by atoms with E-state index in [0.29, 0.717) is 31.6 Å². The number of amides is 2. The summed E-state index contributed by atoms with van der Waals surface area (Å²) < 4.78 is 5.14. The van der Waals surface area contributed by atoms with Crippen LogP contribution in [0.15, 0.2) is 24.3 Å². The summed E-state index contributed by atoms with van der Waals surface area (Å²) in [6, 6.07) is 7.37. The van der Waals surface area contributed by atoms with Crippen molar-refractivity contribution in [3.63, 3.8) is 0 Å². The van der Waals surface area contributed by atoms with E-state index < -0.39 is 0 Å². The van der Waals surface area contributed by atoms with E-state index in [2.05, 4.69) is 15.6 Å². The van der Waals surface area contributed by atoms with E-state index in [1.807, 2.05) is 18.2 Å². The summed E-state index contributed by atoms with van der Waals surface area (Å²) in [5.74, 6) is 0.592. The van der Waals surface area contributed by atoms with Gasteiger partial charge in [0.05, 0.1) is 7.11 Å². The smallest absolute Gasteiger partial charge is 0.267 e. The molecule has 1 aromatic heterocycles. The lowest BCUT2D eigenvalue weighted by Crippen LogP contribution is -2.27. The molecule has 106 valence electrons. The maximum atomic E-state index is 11.9. The number of ether oxygens (including phenoxy) is 1. The van der Waals surface area contributed by atoms with E-state index in [0.717, 1.165) is 16.7 Å². The van der Waals surface area contributed by atoms with Gasteiger partial charge in [0.25, 0.3) is 5.91 Å². The van der Waals surface area contributed by atoms with Crippen LogP contribution in [0.4, 0.5) is 0 Å². The third kappa shape index (κ3) is 3.28. The zero-order valence-electron chi connectivity index (χ0n) is 11.2. The number of hydrogen-bond acceptors (Lipinski definition) is 3. The number of fused-ring (bicyclic) bond motifs is 1. The highest BCUT2D eigenvalue weighted by Crippen LogP contribution is 2.21. The summed E-state index contributed by atoms with van der Waals surface area (Å²) in [6.45, 7) is 1.06. The molecular formula is C14H17N3O3. The molecule has 2 aromatic rings. The number of aromatic nitrogens is 1. The van der Waals surface area contributed by atoms with Crippen molar-refractivity contribution >= 4 is 23.2 Å². The molecule has 0 fully saturated rings. The van der Waals surface area contributed by atoms with Crippen molar-refractivity contribution in [3.8, 4) is 5.75 Å². The number of aromatic amines is 1. The van der Waals surface area contributed by atoms with Crippen LogP contribution in [0, 0.1) is 0 Å². The van der Waals surface area contributed by atoms with Crippen LogP contribution in [-0.4, -0.2) is 37.5 Å². The molecule has 0 aliphatic rings. The second kappa shape index (κ2) is 6.60. The first-order valence-corrected chi connectivity index (χ1v) is 6.36. The van der Waals surface area contributed by atoms with Gasteiger partial charge in [-0.05, 0) is 30.7 Å². The summed E-state index contributed by atoms with van der Waals surface area (Å²) in [4.78, 5) is 25.1. The Morgan fingerprint density at radius 2 is 2.20 bits per heavy atom. The molecule has 2 amide bonds. The molecule has 6 heteroatoms. The van der Waals surface area contributed by atoms with Gasteiger partial charge in [-0.3, -0.25) is 9.59 Å². The number of methoxy groups -OCH3 is 1. The van der Waals surface area contributed by atoms with E-state index >= 15 is 0 Å². The molecule has 0 bridgehead atoms. The van der Waals surface area contributed by atoms with Crippen molar-refractivity contribution < 1.29 is 14.3 Å². The molecule has 6 nitrogen and oxygen atoms in total. The number of rotatable bonds is 7. The van der Waals surface area contributed by atoms with Gasteiger partial charge in [-0.25, -0.2) is 0 Å². The lowest BCUT2D eigenvalue weighted by atomic mass is 10.2. The lowest BCUT2D eigenvalue weighted by molar-refractivity contribution is -0.109. The van der Waals surface area contributed by atoms with Gasteiger partial charge < -0.3 is 20.4 Å². The molecule has 0 aliphatic carbocycles. The van der Waals surface area contributed by atoms with E-state index in [1.165, 1.54) is 0 Å². The zero-order valence-corrected chi connectivity index (χ0v) is 11.2. The van der Waals surface area contributed by atoms with E-state index in [1.54, 1.807) is 13.2 Å². The van der Waals surface area contributed by atoms with Crippen molar-refractivity contribution in [2.24, 2.45) is 0 Å². The van der Waals surface area contributed by atoms with Gasteiger partial charge in [0, 0.05) is 24.0 Å². The van der Waals surface area contributed by atoms with Crippen molar-refractivity contribution in [2.75, 3.05) is 20.2 Å². The number of carbonyl (C=O) groups is 2. The molecule has 20 heavy (non-hydrogen) atoms. The van der Waals surface area contributed by atoms with Crippen molar-refractivity contribution in [1.82, 2.24) is 15.6 Å². The molecule has 0 atom stereocenters. The first kappa shape index (κ1) is 13.9. The van der Waals surface area contributed by atoms with Gasteiger partial charge in [0.2, 0.25) is 6.41 Å². The van der Waals surface area contributed by atoms with E-state index in [4.69, 9.17) is 4.74 Å². The van der Waals surface area contributed by atoms with Crippen LogP contribution in [0.5, 0.6) is 5.75 Å². The Balaban J connectivity index is 1.97. The molecule has 3 N–H and O–H groups in total. The molecule has 0 saturated heterocycles.